The summed E-state index contributed by atoms with van der Waals surface area (Å²) in [5.74, 6) is 0.591. The van der Waals surface area contributed by atoms with E-state index in [-0.39, 0.29) is 5.56 Å². The number of benzene rings is 2. The van der Waals surface area contributed by atoms with Gasteiger partial charge in [0, 0.05) is 18.2 Å². The van der Waals surface area contributed by atoms with E-state index in [1.807, 2.05) is 77.1 Å². The molecule has 146 valence electrons. The Balaban J connectivity index is 2.31. The van der Waals surface area contributed by atoms with Gasteiger partial charge in [-0.1, -0.05) is 34.7 Å². The molecule has 0 fully saturated rings. The largest absolute Gasteiger partial charge is 0.591 e. The molecule has 1 atom stereocenters. The Morgan fingerprint density at radius 2 is 1.82 bits per heavy atom. The van der Waals surface area contributed by atoms with Crippen LogP contribution >= 0.6 is 0 Å². The molecule has 2 aromatic carbocycles. The average Bonchev–Trinajstić information content (AvgIpc) is 2.64. The van der Waals surface area contributed by atoms with Gasteiger partial charge in [0.15, 0.2) is 0 Å². The Morgan fingerprint density at radius 3 is 2.43 bits per heavy atom. The summed E-state index contributed by atoms with van der Waals surface area (Å²) in [7, 11) is 1.73. The first kappa shape index (κ1) is 20.3. The summed E-state index contributed by atoms with van der Waals surface area (Å²) >= 11 is -1.39. The van der Waals surface area contributed by atoms with Crippen molar-refractivity contribution in [2.75, 3.05) is 0 Å². The van der Waals surface area contributed by atoms with Crippen LogP contribution in [0, 0.1) is 6.92 Å². The third-order valence-electron chi connectivity index (χ3n) is 4.49. The third-order valence-corrected chi connectivity index (χ3v) is 5.98. The van der Waals surface area contributed by atoms with Crippen LogP contribution < -0.4 is 5.56 Å². The number of aryl methyl sites for hydroxylation is 1. The van der Waals surface area contributed by atoms with E-state index in [1.54, 1.807) is 11.6 Å². The SMILES string of the molecule is C/C(=N/[S@+]([O-])C(C)(C)C)c1cc(C)cc2c(=O)n(C)c(-c3ccccc3)nc12. The first-order valence-corrected chi connectivity index (χ1v) is 10.2. The molecule has 3 aromatic rings. The van der Waals surface area contributed by atoms with Gasteiger partial charge < -0.3 is 4.55 Å². The summed E-state index contributed by atoms with van der Waals surface area (Å²) < 4.78 is 18.0. The monoisotopic (exact) mass is 395 g/mol. The smallest absolute Gasteiger partial charge is 0.261 e. The maximum absolute atomic E-state index is 13.1. The van der Waals surface area contributed by atoms with Crippen molar-refractivity contribution in [3.8, 4) is 11.4 Å². The van der Waals surface area contributed by atoms with Gasteiger partial charge in [-0.25, -0.2) is 4.98 Å². The van der Waals surface area contributed by atoms with E-state index in [0.717, 1.165) is 16.7 Å². The molecule has 6 heteroatoms. The third kappa shape index (κ3) is 3.88. The maximum Gasteiger partial charge on any atom is 0.261 e. The van der Waals surface area contributed by atoms with Crippen LogP contribution in [0.4, 0.5) is 0 Å². The molecule has 0 aliphatic carbocycles. The summed E-state index contributed by atoms with van der Waals surface area (Å²) in [5.41, 5.74) is 3.62. The lowest BCUT2D eigenvalue weighted by molar-refractivity contribution is 0.561. The van der Waals surface area contributed by atoms with Gasteiger partial charge in [-0.15, -0.1) is 0 Å². The van der Waals surface area contributed by atoms with Crippen LogP contribution in [-0.2, 0) is 18.4 Å². The Morgan fingerprint density at radius 1 is 1.18 bits per heavy atom. The van der Waals surface area contributed by atoms with Crippen molar-refractivity contribution in [2.24, 2.45) is 11.4 Å². The van der Waals surface area contributed by atoms with Gasteiger partial charge in [0.1, 0.15) is 21.9 Å². The lowest BCUT2D eigenvalue weighted by Gasteiger charge is -2.19. The topological polar surface area (TPSA) is 70.3 Å². The number of rotatable bonds is 3. The summed E-state index contributed by atoms with van der Waals surface area (Å²) in [4.78, 5) is 17.9. The first-order valence-electron chi connectivity index (χ1n) is 9.14. The van der Waals surface area contributed by atoms with Crippen LogP contribution in [0.3, 0.4) is 0 Å². The van der Waals surface area contributed by atoms with Crippen molar-refractivity contribution in [1.29, 1.82) is 0 Å². The number of aromatic nitrogens is 2. The van der Waals surface area contributed by atoms with E-state index in [1.165, 1.54) is 0 Å². The normalized spacial score (nSPS) is 13.8. The molecule has 0 saturated carbocycles. The second kappa shape index (κ2) is 7.53. The fourth-order valence-electron chi connectivity index (χ4n) is 2.95. The summed E-state index contributed by atoms with van der Waals surface area (Å²) in [5, 5.41) is 0.535. The van der Waals surface area contributed by atoms with Gasteiger partial charge in [0.05, 0.1) is 16.6 Å². The minimum absolute atomic E-state index is 0.112. The number of fused-ring (bicyclic) bond motifs is 1. The van der Waals surface area contributed by atoms with Crippen LogP contribution in [0.25, 0.3) is 22.3 Å². The second-order valence-corrected chi connectivity index (χ2v) is 9.82. The van der Waals surface area contributed by atoms with Gasteiger partial charge in [0.2, 0.25) is 0 Å². The zero-order chi connectivity index (χ0) is 20.6. The van der Waals surface area contributed by atoms with Gasteiger partial charge >= 0.3 is 0 Å². The highest BCUT2D eigenvalue weighted by atomic mass is 32.2. The molecule has 0 saturated heterocycles. The zero-order valence-corrected chi connectivity index (χ0v) is 17.9. The van der Waals surface area contributed by atoms with E-state index in [0.29, 0.717) is 22.4 Å². The van der Waals surface area contributed by atoms with E-state index >= 15 is 0 Å². The van der Waals surface area contributed by atoms with Crippen LogP contribution in [0.1, 0.15) is 38.8 Å². The zero-order valence-electron chi connectivity index (χ0n) is 17.1. The Bertz CT molecular complexity index is 1110. The van der Waals surface area contributed by atoms with Crippen molar-refractivity contribution in [2.45, 2.75) is 39.4 Å². The second-order valence-electron chi connectivity index (χ2n) is 7.91. The molecule has 0 radical (unpaired) electrons. The average molecular weight is 396 g/mol. The van der Waals surface area contributed by atoms with Crippen LogP contribution in [0.5, 0.6) is 0 Å². The molecule has 0 aliphatic heterocycles. The van der Waals surface area contributed by atoms with E-state index in [2.05, 4.69) is 4.40 Å². The molecular formula is C22H25N3O2S. The number of hydrogen-bond acceptors (Lipinski definition) is 4. The summed E-state index contributed by atoms with van der Waals surface area (Å²) in [6, 6.07) is 13.4. The van der Waals surface area contributed by atoms with Crippen molar-refractivity contribution < 1.29 is 4.55 Å². The predicted molar refractivity (Wildman–Crippen MR) is 117 cm³/mol. The standard InChI is InChI=1S/C22H25N3O2S/c1-14-12-17(15(2)24-28(27)22(3,4)5)19-18(13-14)21(26)25(6)20(23-19)16-10-8-7-9-11-16/h7-13H,1-6H3/b24-15-/t28-/m1/s1. The van der Waals surface area contributed by atoms with Gasteiger partial charge in [-0.2, -0.15) is 0 Å². The summed E-state index contributed by atoms with van der Waals surface area (Å²) in [6.45, 7) is 9.40. The number of nitrogens with zero attached hydrogens (tertiary/aromatic N) is 3. The Hall–Kier alpha value is -2.44. The highest BCUT2D eigenvalue weighted by molar-refractivity contribution is 7.91. The van der Waals surface area contributed by atoms with E-state index in [4.69, 9.17) is 4.98 Å². The predicted octanol–water partition coefficient (Wildman–Crippen LogP) is 4.18. The molecule has 0 spiro atoms. The molecule has 3 rings (SSSR count). The molecule has 0 amide bonds. The molecule has 28 heavy (non-hydrogen) atoms. The number of hydrogen-bond donors (Lipinski definition) is 0. The first-order chi connectivity index (χ1) is 13.1. The van der Waals surface area contributed by atoms with Gasteiger partial charge in [0.25, 0.3) is 5.56 Å². The minimum Gasteiger partial charge on any atom is -0.591 e. The molecule has 1 heterocycles. The van der Waals surface area contributed by atoms with Gasteiger partial charge in [-0.3, -0.25) is 9.36 Å². The molecule has 0 aliphatic rings. The van der Waals surface area contributed by atoms with E-state index in [9.17, 15) is 9.35 Å². The quantitative estimate of drug-likeness (QED) is 0.493. The Kier molecular flexibility index (Phi) is 5.46. The molecule has 0 unspecified atom stereocenters. The van der Waals surface area contributed by atoms with Crippen LogP contribution in [-0.4, -0.2) is 24.6 Å². The summed E-state index contributed by atoms with van der Waals surface area (Å²) in [6.07, 6.45) is 0. The van der Waals surface area contributed by atoms with Gasteiger partial charge in [-0.05, 0) is 52.3 Å². The van der Waals surface area contributed by atoms with Crippen LogP contribution in [0.15, 0.2) is 51.7 Å². The van der Waals surface area contributed by atoms with Crippen molar-refractivity contribution in [1.82, 2.24) is 9.55 Å². The van der Waals surface area contributed by atoms with Crippen LogP contribution in [0.2, 0.25) is 0 Å². The molecule has 0 N–H and O–H groups in total. The molecular weight excluding hydrogens is 370 g/mol. The minimum atomic E-state index is -1.39. The van der Waals surface area contributed by atoms with E-state index < -0.39 is 16.1 Å². The lowest BCUT2D eigenvalue weighted by Crippen LogP contribution is -2.27. The maximum atomic E-state index is 13.1. The molecule has 0 bridgehead atoms. The van der Waals surface area contributed by atoms with Crippen molar-refractivity contribution in [3.63, 3.8) is 0 Å². The highest BCUT2D eigenvalue weighted by Gasteiger charge is 2.27. The Labute approximate surface area is 168 Å². The fourth-order valence-corrected chi connectivity index (χ4v) is 3.57. The highest BCUT2D eigenvalue weighted by Crippen LogP contribution is 2.24. The lowest BCUT2D eigenvalue weighted by atomic mass is 10.0. The van der Waals surface area contributed by atoms with Crippen molar-refractivity contribution in [3.05, 3.63) is 63.9 Å². The van der Waals surface area contributed by atoms with Crippen molar-refractivity contribution >= 4 is 28.0 Å². The molecule has 5 nitrogen and oxygen atoms in total. The fraction of sp³-hybridized carbons (Fsp3) is 0.318. The molecule has 1 aromatic heterocycles.